The quantitative estimate of drug-likeness (QED) is 0.452. The first-order chi connectivity index (χ1) is 13.2. The molecule has 0 aliphatic carbocycles. The molecule has 28 heavy (non-hydrogen) atoms. The number of halogens is 3. The van der Waals surface area contributed by atoms with Crippen LogP contribution < -0.4 is 16.4 Å². The molecular formula is C18H18F3N3O2S2. The minimum atomic E-state index is -4.35. The van der Waals surface area contributed by atoms with E-state index in [1.165, 1.54) is 24.3 Å². The van der Waals surface area contributed by atoms with Crippen LogP contribution in [0.3, 0.4) is 0 Å². The van der Waals surface area contributed by atoms with Crippen LogP contribution in [0.25, 0.3) is 5.57 Å². The second-order valence-corrected chi connectivity index (χ2v) is 7.88. The average molecular weight is 429 g/mol. The Balaban J connectivity index is 2.11. The molecular weight excluding hydrogens is 411 g/mol. The molecule has 0 fully saturated rings. The molecule has 1 heterocycles. The van der Waals surface area contributed by atoms with E-state index in [4.69, 9.17) is 5.73 Å². The molecule has 2 rings (SSSR count). The van der Waals surface area contributed by atoms with Crippen molar-refractivity contribution in [3.63, 3.8) is 0 Å². The number of benzene rings is 1. The molecule has 0 atom stereocenters. The van der Waals surface area contributed by atoms with Crippen molar-refractivity contribution in [3.05, 3.63) is 51.3 Å². The van der Waals surface area contributed by atoms with E-state index in [0.29, 0.717) is 22.3 Å². The highest BCUT2D eigenvalue weighted by atomic mass is 32.2. The summed E-state index contributed by atoms with van der Waals surface area (Å²) in [5, 5.41) is 5.52. The minimum absolute atomic E-state index is 0.0668. The second-order valence-electron chi connectivity index (χ2n) is 5.69. The number of nitrogen functional groups attached to an aromatic ring is 1. The number of hydrogen-bond donors (Lipinski definition) is 3. The number of carbonyl (C=O) groups is 2. The highest BCUT2D eigenvalue weighted by Crippen LogP contribution is 2.37. The van der Waals surface area contributed by atoms with Gasteiger partial charge in [-0.1, -0.05) is 12.1 Å². The van der Waals surface area contributed by atoms with Gasteiger partial charge in [0.05, 0.1) is 10.6 Å². The summed E-state index contributed by atoms with van der Waals surface area (Å²) in [4.78, 5) is 24.4. The molecule has 2 aromatic rings. The normalized spacial score (nSPS) is 12.0. The Hall–Kier alpha value is -2.46. The van der Waals surface area contributed by atoms with E-state index in [-0.39, 0.29) is 33.8 Å². The number of allylic oxidation sites excluding steroid dienone is 1. The highest BCUT2D eigenvalue weighted by molar-refractivity contribution is 8.00. The zero-order valence-corrected chi connectivity index (χ0v) is 16.6. The molecule has 0 unspecified atom stereocenters. The van der Waals surface area contributed by atoms with E-state index >= 15 is 0 Å². The summed E-state index contributed by atoms with van der Waals surface area (Å²) in [6.07, 6.45) is 2.32. The lowest BCUT2D eigenvalue weighted by atomic mass is 10.1. The first-order valence-electron chi connectivity index (χ1n) is 8.01. The monoisotopic (exact) mass is 429 g/mol. The van der Waals surface area contributed by atoms with E-state index in [1.54, 1.807) is 20.2 Å². The molecule has 1 aromatic heterocycles. The molecule has 0 spiro atoms. The molecule has 0 saturated carbocycles. The topological polar surface area (TPSA) is 84.2 Å². The highest BCUT2D eigenvalue weighted by Gasteiger charge is 2.29. The van der Waals surface area contributed by atoms with E-state index < -0.39 is 11.4 Å². The van der Waals surface area contributed by atoms with Gasteiger partial charge in [0.25, 0.3) is 5.91 Å². The number of thiophene rings is 1. The Bertz CT molecular complexity index is 891. The van der Waals surface area contributed by atoms with Crippen LogP contribution in [0.1, 0.15) is 37.4 Å². The Morgan fingerprint density at radius 1 is 1.29 bits per heavy atom. The maximum atomic E-state index is 12.5. The molecule has 1 aromatic carbocycles. The molecule has 150 valence electrons. The fourth-order valence-corrected chi connectivity index (χ4v) is 4.04. The van der Waals surface area contributed by atoms with E-state index in [0.717, 1.165) is 16.9 Å². The van der Waals surface area contributed by atoms with Gasteiger partial charge in [0.15, 0.2) is 6.29 Å². The summed E-state index contributed by atoms with van der Waals surface area (Å²) in [6.45, 7) is 1.88. The lowest BCUT2D eigenvalue weighted by Crippen LogP contribution is -2.22. The standard InChI is InChI=1S/C18H18F3N3O2S2/c1-10(7-23-2)14-13(9-25)27-16(15(14)22)17(26)24-8-11-3-5-12(6-4-11)28-18(19,20)21/h3-7,9,23H,8,22H2,1-2H3,(H,24,26)/b10-7-. The molecule has 4 N–H and O–H groups in total. The first-order valence-corrected chi connectivity index (χ1v) is 9.64. The molecule has 0 radical (unpaired) electrons. The molecule has 1 amide bonds. The number of alkyl halides is 3. The molecule has 0 aliphatic rings. The van der Waals surface area contributed by atoms with Gasteiger partial charge in [-0.05, 0) is 48.2 Å². The zero-order chi connectivity index (χ0) is 20.9. The first kappa shape index (κ1) is 21.8. The fourth-order valence-electron chi connectivity index (χ4n) is 2.48. The van der Waals surface area contributed by atoms with Crippen molar-refractivity contribution in [2.75, 3.05) is 12.8 Å². The van der Waals surface area contributed by atoms with Crippen LogP contribution in [0.15, 0.2) is 35.4 Å². The lowest BCUT2D eigenvalue weighted by molar-refractivity contribution is -0.0328. The van der Waals surface area contributed by atoms with E-state index in [9.17, 15) is 22.8 Å². The summed E-state index contributed by atoms with van der Waals surface area (Å²) < 4.78 is 37.1. The number of anilines is 1. The number of rotatable bonds is 7. The summed E-state index contributed by atoms with van der Waals surface area (Å²) in [7, 11) is 1.71. The van der Waals surface area contributed by atoms with Crippen LogP contribution in [0.2, 0.25) is 0 Å². The smallest absolute Gasteiger partial charge is 0.397 e. The number of carbonyl (C=O) groups excluding carboxylic acids is 2. The van der Waals surface area contributed by atoms with Crippen molar-refractivity contribution in [1.29, 1.82) is 0 Å². The van der Waals surface area contributed by atoms with Crippen molar-refractivity contribution in [2.45, 2.75) is 23.9 Å². The van der Waals surface area contributed by atoms with Crippen molar-refractivity contribution in [2.24, 2.45) is 0 Å². The summed E-state index contributed by atoms with van der Waals surface area (Å²) in [5.41, 5.74) is 3.80. The number of amides is 1. The molecule has 5 nitrogen and oxygen atoms in total. The van der Waals surface area contributed by atoms with Gasteiger partial charge in [0.1, 0.15) is 4.88 Å². The lowest BCUT2D eigenvalue weighted by Gasteiger charge is -2.08. The molecule has 0 bridgehead atoms. The molecule has 0 aliphatic heterocycles. The van der Waals surface area contributed by atoms with Gasteiger partial charge >= 0.3 is 5.51 Å². The summed E-state index contributed by atoms with van der Waals surface area (Å²) in [6, 6.07) is 5.70. The third kappa shape index (κ3) is 5.52. The Morgan fingerprint density at radius 2 is 1.93 bits per heavy atom. The second kappa shape index (κ2) is 9.16. The number of nitrogens with two attached hydrogens (primary N) is 1. The zero-order valence-electron chi connectivity index (χ0n) is 15.0. The van der Waals surface area contributed by atoms with Gasteiger partial charge in [-0.25, -0.2) is 0 Å². The Kier molecular flexibility index (Phi) is 7.14. The van der Waals surface area contributed by atoms with Gasteiger partial charge < -0.3 is 16.4 Å². The Labute approximate surface area is 168 Å². The van der Waals surface area contributed by atoms with Gasteiger partial charge in [-0.3, -0.25) is 9.59 Å². The van der Waals surface area contributed by atoms with E-state index in [1.807, 2.05) is 0 Å². The van der Waals surface area contributed by atoms with Crippen LogP contribution in [-0.2, 0) is 6.54 Å². The summed E-state index contributed by atoms with van der Waals surface area (Å²) in [5.74, 6) is -0.456. The minimum Gasteiger partial charge on any atom is -0.397 e. The average Bonchev–Trinajstić information content (AvgIpc) is 2.96. The van der Waals surface area contributed by atoms with Crippen LogP contribution in [0.5, 0.6) is 0 Å². The van der Waals surface area contributed by atoms with Crippen LogP contribution in [0.4, 0.5) is 18.9 Å². The predicted octanol–water partition coefficient (Wildman–Crippen LogP) is 4.26. The van der Waals surface area contributed by atoms with Crippen LogP contribution in [-0.4, -0.2) is 24.7 Å². The fraction of sp³-hybridized carbons (Fsp3) is 0.222. The van der Waals surface area contributed by atoms with Crippen molar-refractivity contribution < 1.29 is 22.8 Å². The van der Waals surface area contributed by atoms with E-state index in [2.05, 4.69) is 10.6 Å². The SMILES string of the molecule is CN/C=C(/C)c1c(C=O)sc(C(=O)NCc2ccc(SC(F)(F)F)cc2)c1N. The van der Waals surface area contributed by atoms with Crippen molar-refractivity contribution >= 4 is 46.6 Å². The van der Waals surface area contributed by atoms with Crippen molar-refractivity contribution in [1.82, 2.24) is 10.6 Å². The van der Waals surface area contributed by atoms with Gasteiger partial charge in [0, 0.05) is 24.1 Å². The number of hydrogen-bond acceptors (Lipinski definition) is 6. The molecule has 10 heteroatoms. The van der Waals surface area contributed by atoms with Crippen molar-refractivity contribution in [3.8, 4) is 0 Å². The third-order valence-corrected chi connectivity index (χ3v) is 5.52. The predicted molar refractivity (Wildman–Crippen MR) is 106 cm³/mol. The number of nitrogens with one attached hydrogen (secondary N) is 2. The maximum absolute atomic E-state index is 12.5. The summed E-state index contributed by atoms with van der Waals surface area (Å²) >= 11 is 0.791. The third-order valence-electron chi connectivity index (χ3n) is 3.65. The van der Waals surface area contributed by atoms with Crippen LogP contribution in [0, 0.1) is 0 Å². The largest absolute Gasteiger partial charge is 0.446 e. The van der Waals surface area contributed by atoms with Gasteiger partial charge in [-0.15, -0.1) is 11.3 Å². The Morgan fingerprint density at radius 3 is 2.46 bits per heavy atom. The maximum Gasteiger partial charge on any atom is 0.446 e. The number of aldehydes is 1. The number of thioether (sulfide) groups is 1. The van der Waals surface area contributed by atoms with Crippen LogP contribution >= 0.6 is 23.1 Å². The van der Waals surface area contributed by atoms with Gasteiger partial charge in [0.2, 0.25) is 0 Å². The molecule has 0 saturated heterocycles. The van der Waals surface area contributed by atoms with Gasteiger partial charge in [-0.2, -0.15) is 13.2 Å².